The minimum atomic E-state index is 0.505. The Bertz CT molecular complexity index is 59.3. The van der Waals surface area contributed by atoms with E-state index in [4.69, 9.17) is 0 Å². The zero-order valence-corrected chi connectivity index (χ0v) is 13.2. The third kappa shape index (κ3) is 66.7. The fourth-order valence-electron chi connectivity index (χ4n) is 0. The van der Waals surface area contributed by atoms with Gasteiger partial charge in [-0.05, 0) is 27.7 Å². The molecule has 0 aliphatic heterocycles. The van der Waals surface area contributed by atoms with Crippen LogP contribution in [0.25, 0.3) is 0 Å². The first-order valence-corrected chi connectivity index (χ1v) is 7.76. The number of rotatable bonds is 2. The average Bonchev–Trinajstić information content (AvgIpc) is 2.24. The first-order chi connectivity index (χ1) is 6.54. The van der Waals surface area contributed by atoms with Crippen molar-refractivity contribution in [2.45, 2.75) is 0 Å². The molecule has 0 aliphatic carbocycles. The molecule has 0 aromatic heterocycles. The van der Waals surface area contributed by atoms with Crippen LogP contribution in [0.4, 0.5) is 0 Å². The average molecular weight is 419 g/mol. The topological polar surface area (TPSA) is 18.5 Å². The standard InChI is InChI=1S/2C4H7O.2BrH.2Ni/c2*1-4(2)5-3;;;;/h2*1-2H2,3H3;2*1H;;/q;;;;2*+1/p-2. The molecule has 0 fully saturated rings. The van der Waals surface area contributed by atoms with Crippen molar-refractivity contribution in [3.05, 3.63) is 39.9 Å². The van der Waals surface area contributed by atoms with Gasteiger partial charge in [0.05, 0.1) is 12.2 Å². The molecule has 0 saturated carbocycles. The van der Waals surface area contributed by atoms with E-state index in [0.29, 0.717) is 12.2 Å². The Kier molecular flexibility index (Phi) is 52.2. The molecule has 0 spiro atoms. The van der Waals surface area contributed by atoms with Crippen LogP contribution in [0.3, 0.4) is 0 Å². The van der Waals surface area contributed by atoms with Gasteiger partial charge in [-0.1, -0.05) is 0 Å². The van der Waals surface area contributed by atoms with Gasteiger partial charge < -0.3 is 9.47 Å². The summed E-state index contributed by atoms with van der Waals surface area (Å²) in [5.74, 6) is 0. The zero-order chi connectivity index (χ0) is 12.6. The first kappa shape index (κ1) is 24.9. The van der Waals surface area contributed by atoms with Crippen molar-refractivity contribution in [1.82, 2.24) is 0 Å². The Balaban J connectivity index is -0.0000000528. The van der Waals surface area contributed by atoms with Crippen molar-refractivity contribution in [2.75, 3.05) is 14.2 Å². The van der Waals surface area contributed by atoms with Gasteiger partial charge in [-0.15, -0.1) is 0 Å². The molecule has 6 radical (unpaired) electrons. The Labute approximate surface area is 119 Å². The molecule has 0 aromatic rings. The van der Waals surface area contributed by atoms with Gasteiger partial charge in [0.1, 0.15) is 0 Å². The van der Waals surface area contributed by atoms with Crippen molar-refractivity contribution in [3.8, 4) is 0 Å². The van der Waals surface area contributed by atoms with Crippen molar-refractivity contribution in [3.63, 3.8) is 0 Å². The van der Waals surface area contributed by atoms with Crippen LogP contribution in [0, 0.1) is 39.9 Å². The molecule has 0 bridgehead atoms. The van der Waals surface area contributed by atoms with Gasteiger partial charge in [0, 0.05) is 14.2 Å². The Morgan fingerprint density at radius 3 is 0.857 bits per heavy atom. The monoisotopic (exact) mass is 416 g/mol. The molecule has 0 rings (SSSR count). The SMILES string of the molecule is [CH2][C]([CH2])OC.[CH2][C]([CH2])OC.[Ni][Br].[Ni][Br]. The van der Waals surface area contributed by atoms with Gasteiger partial charge in [0.2, 0.25) is 0 Å². The zero-order valence-electron chi connectivity index (χ0n) is 8.03. The van der Waals surface area contributed by atoms with Gasteiger partial charge in [0.25, 0.3) is 0 Å². The van der Waals surface area contributed by atoms with Crippen LogP contribution in [0.15, 0.2) is 0 Å². The summed E-state index contributed by atoms with van der Waals surface area (Å²) in [6.45, 7) is 13.4. The minimum absolute atomic E-state index is 0.505. The van der Waals surface area contributed by atoms with E-state index in [-0.39, 0.29) is 0 Å². The number of ether oxygens (including phenoxy) is 2. The second kappa shape index (κ2) is 29.4. The number of hydrogen-bond donors (Lipinski definition) is 0. The van der Waals surface area contributed by atoms with Crippen molar-refractivity contribution in [1.29, 1.82) is 0 Å². The molecular weight excluding hydrogens is 405 g/mol. The van der Waals surface area contributed by atoms with E-state index < -0.39 is 0 Å². The van der Waals surface area contributed by atoms with Crippen LogP contribution >= 0.6 is 28.5 Å². The van der Waals surface area contributed by atoms with E-state index in [1.807, 2.05) is 0 Å². The van der Waals surface area contributed by atoms with E-state index in [9.17, 15) is 0 Å². The molecule has 0 unspecified atom stereocenters. The molecule has 0 amide bonds. The normalized spacial score (nSPS) is 7.86. The Hall–Kier alpha value is 1.87. The summed E-state index contributed by atoms with van der Waals surface area (Å²) in [5.41, 5.74) is 0. The molecule has 0 saturated heterocycles. The van der Waals surface area contributed by atoms with Gasteiger partial charge in [0.15, 0.2) is 0 Å². The van der Waals surface area contributed by atoms with E-state index in [0.717, 1.165) is 0 Å². The van der Waals surface area contributed by atoms with Crippen LogP contribution in [0.5, 0.6) is 0 Å². The summed E-state index contributed by atoms with van der Waals surface area (Å²) < 4.78 is 8.89. The quantitative estimate of drug-likeness (QED) is 0.640. The van der Waals surface area contributed by atoms with Crippen LogP contribution in [0.1, 0.15) is 0 Å². The fourth-order valence-corrected chi connectivity index (χ4v) is 0. The second-order valence-corrected chi connectivity index (χ2v) is 1.49. The number of halogens is 2. The summed E-state index contributed by atoms with van der Waals surface area (Å²) in [7, 11) is 3.07. The van der Waals surface area contributed by atoms with Crippen molar-refractivity contribution in [2.24, 2.45) is 0 Å². The summed E-state index contributed by atoms with van der Waals surface area (Å²) in [6, 6.07) is 0. The molecule has 0 atom stereocenters. The fraction of sp³-hybridized carbons (Fsp3) is 0.250. The Morgan fingerprint density at radius 2 is 0.857 bits per heavy atom. The van der Waals surface area contributed by atoms with E-state index >= 15 is 0 Å². The van der Waals surface area contributed by atoms with Crippen LogP contribution in [-0.2, 0) is 36.9 Å². The van der Waals surface area contributed by atoms with Crippen LogP contribution in [0.2, 0.25) is 0 Å². The number of hydrogen-bond acceptors (Lipinski definition) is 2. The second-order valence-electron chi connectivity index (χ2n) is 1.49. The van der Waals surface area contributed by atoms with Crippen LogP contribution in [-0.4, -0.2) is 14.2 Å². The summed E-state index contributed by atoms with van der Waals surface area (Å²) >= 11 is 12.5. The molecule has 6 heteroatoms. The maximum absolute atomic E-state index is 4.44. The van der Waals surface area contributed by atoms with Gasteiger partial charge in [-0.3, -0.25) is 0 Å². The summed E-state index contributed by atoms with van der Waals surface area (Å²) in [4.78, 5) is 0. The first-order valence-electron chi connectivity index (χ1n) is 2.88. The van der Waals surface area contributed by atoms with E-state index in [2.05, 4.69) is 93.0 Å². The summed E-state index contributed by atoms with van der Waals surface area (Å²) in [5, 5.41) is 0. The number of methoxy groups -OCH3 is 2. The molecule has 0 aliphatic rings. The maximum atomic E-state index is 4.44. The van der Waals surface area contributed by atoms with Gasteiger partial charge in [-0.2, -0.15) is 0 Å². The molecule has 92 valence electrons. The predicted octanol–water partition coefficient (Wildman–Crippen LogP) is 3.35. The van der Waals surface area contributed by atoms with Gasteiger partial charge >= 0.3 is 55.8 Å². The van der Waals surface area contributed by atoms with E-state index in [1.54, 1.807) is 0 Å². The van der Waals surface area contributed by atoms with Crippen molar-refractivity contribution < 1.29 is 36.9 Å². The van der Waals surface area contributed by atoms with E-state index in [1.165, 1.54) is 14.2 Å². The predicted molar refractivity (Wildman–Crippen MR) is 59.8 cm³/mol. The van der Waals surface area contributed by atoms with Gasteiger partial charge in [-0.25, -0.2) is 0 Å². The third-order valence-electron chi connectivity index (χ3n) is 0.577. The Morgan fingerprint density at radius 1 is 0.786 bits per heavy atom. The molecule has 14 heavy (non-hydrogen) atoms. The molecule has 0 N–H and O–H groups in total. The molecule has 0 aromatic carbocycles. The molecule has 0 heterocycles. The third-order valence-corrected chi connectivity index (χ3v) is 0.577. The molecular formula is C8H14Br2Ni2O2. The van der Waals surface area contributed by atoms with Crippen LogP contribution < -0.4 is 0 Å². The van der Waals surface area contributed by atoms with Crippen molar-refractivity contribution >= 4 is 28.5 Å². The summed E-state index contributed by atoms with van der Waals surface area (Å²) in [6.07, 6.45) is 1.01. The molecule has 2 nitrogen and oxygen atoms in total.